The van der Waals surface area contributed by atoms with Crippen molar-refractivity contribution in [1.82, 2.24) is 0 Å². The molecular weight excluding hydrogens is 182 g/mol. The van der Waals surface area contributed by atoms with E-state index in [2.05, 4.69) is 31.2 Å². The molecule has 1 heteroatoms. The van der Waals surface area contributed by atoms with Gasteiger partial charge in [0.25, 0.3) is 0 Å². The van der Waals surface area contributed by atoms with Crippen LogP contribution in [0.15, 0.2) is 24.3 Å². The first-order chi connectivity index (χ1) is 7.18. The minimum absolute atomic E-state index is 0.322. The van der Waals surface area contributed by atoms with E-state index in [4.69, 9.17) is 5.73 Å². The van der Waals surface area contributed by atoms with E-state index in [1.165, 1.54) is 36.8 Å². The molecule has 1 aromatic carbocycles. The Bertz CT molecular complexity index is 382. The van der Waals surface area contributed by atoms with Gasteiger partial charge < -0.3 is 5.73 Å². The average Bonchev–Trinajstić information content (AvgIpc) is 2.94. The van der Waals surface area contributed by atoms with Crippen molar-refractivity contribution in [3.8, 4) is 0 Å². The first-order valence-electron chi connectivity index (χ1n) is 5.95. The van der Waals surface area contributed by atoms with Crippen molar-refractivity contribution in [2.45, 2.75) is 38.0 Å². The molecule has 0 aliphatic heterocycles. The highest BCUT2D eigenvalue weighted by Gasteiger charge is 2.60. The van der Waals surface area contributed by atoms with E-state index in [0.29, 0.717) is 5.41 Å². The van der Waals surface area contributed by atoms with Crippen LogP contribution < -0.4 is 5.73 Å². The van der Waals surface area contributed by atoms with E-state index >= 15 is 0 Å². The fourth-order valence-electron chi connectivity index (χ4n) is 3.36. The molecule has 0 atom stereocenters. The van der Waals surface area contributed by atoms with Crippen molar-refractivity contribution in [2.75, 3.05) is 6.54 Å². The van der Waals surface area contributed by atoms with Crippen LogP contribution in [-0.4, -0.2) is 6.54 Å². The van der Waals surface area contributed by atoms with E-state index < -0.39 is 0 Å². The van der Waals surface area contributed by atoms with Crippen LogP contribution in [0.3, 0.4) is 0 Å². The van der Waals surface area contributed by atoms with Crippen LogP contribution in [0.25, 0.3) is 0 Å². The maximum atomic E-state index is 6.00. The number of aryl methyl sites for hydroxylation is 1. The molecule has 0 heterocycles. The van der Waals surface area contributed by atoms with Crippen LogP contribution in [-0.2, 0) is 5.41 Å². The first kappa shape index (κ1) is 9.41. The minimum Gasteiger partial charge on any atom is -0.330 e. The zero-order chi connectivity index (χ0) is 10.5. The van der Waals surface area contributed by atoms with Crippen LogP contribution in [0.5, 0.6) is 0 Å². The molecule has 2 aliphatic carbocycles. The summed E-state index contributed by atoms with van der Waals surface area (Å²) in [6.07, 6.45) is 5.56. The molecule has 0 unspecified atom stereocenters. The van der Waals surface area contributed by atoms with E-state index in [1.54, 1.807) is 0 Å². The quantitative estimate of drug-likeness (QED) is 0.782. The second-order valence-corrected chi connectivity index (χ2v) is 5.71. The Morgan fingerprint density at radius 1 is 1.27 bits per heavy atom. The lowest BCUT2D eigenvalue weighted by Crippen LogP contribution is -2.48. The molecule has 2 fully saturated rings. The van der Waals surface area contributed by atoms with Crippen molar-refractivity contribution in [3.63, 3.8) is 0 Å². The Hall–Kier alpha value is -0.820. The molecule has 0 aromatic heterocycles. The zero-order valence-corrected chi connectivity index (χ0v) is 9.42. The molecule has 1 spiro atoms. The van der Waals surface area contributed by atoms with E-state index in [9.17, 15) is 0 Å². The van der Waals surface area contributed by atoms with Crippen LogP contribution in [0.1, 0.15) is 36.8 Å². The fraction of sp³-hybridized carbons (Fsp3) is 0.571. The van der Waals surface area contributed by atoms with Crippen LogP contribution >= 0.6 is 0 Å². The van der Waals surface area contributed by atoms with Crippen LogP contribution in [0.4, 0.5) is 0 Å². The van der Waals surface area contributed by atoms with E-state index in [1.807, 2.05) is 0 Å². The van der Waals surface area contributed by atoms with Crippen LogP contribution in [0.2, 0.25) is 0 Å². The number of nitrogens with two attached hydrogens (primary N) is 1. The molecule has 0 radical (unpaired) electrons. The summed E-state index contributed by atoms with van der Waals surface area (Å²) in [5.74, 6) is 0. The van der Waals surface area contributed by atoms with Crippen molar-refractivity contribution in [1.29, 1.82) is 0 Å². The van der Waals surface area contributed by atoms with Gasteiger partial charge in [-0.15, -0.1) is 0 Å². The molecule has 1 nitrogen and oxygen atoms in total. The fourth-order valence-corrected chi connectivity index (χ4v) is 3.36. The molecule has 0 amide bonds. The van der Waals surface area contributed by atoms with Crippen molar-refractivity contribution < 1.29 is 0 Å². The monoisotopic (exact) mass is 201 g/mol. The molecule has 3 rings (SSSR count). The van der Waals surface area contributed by atoms with Gasteiger partial charge in [-0.2, -0.15) is 0 Å². The third-order valence-electron chi connectivity index (χ3n) is 4.41. The number of benzene rings is 1. The number of rotatable bonds is 2. The Morgan fingerprint density at radius 2 is 2.00 bits per heavy atom. The second-order valence-electron chi connectivity index (χ2n) is 5.71. The van der Waals surface area contributed by atoms with Crippen LogP contribution in [0, 0.1) is 12.3 Å². The largest absolute Gasteiger partial charge is 0.330 e. The Labute approximate surface area is 91.7 Å². The van der Waals surface area contributed by atoms with Gasteiger partial charge in [-0.25, -0.2) is 0 Å². The number of hydrogen-bond acceptors (Lipinski definition) is 1. The lowest BCUT2D eigenvalue weighted by Gasteiger charge is -2.49. The highest BCUT2D eigenvalue weighted by Crippen LogP contribution is 2.68. The lowest BCUT2D eigenvalue weighted by molar-refractivity contribution is 0.126. The predicted octanol–water partition coefficient (Wildman–Crippen LogP) is 2.77. The van der Waals surface area contributed by atoms with Crippen molar-refractivity contribution in [2.24, 2.45) is 11.1 Å². The smallest absolute Gasteiger partial charge is 0.00862 e. The number of hydrogen-bond donors (Lipinski definition) is 1. The van der Waals surface area contributed by atoms with Crippen molar-refractivity contribution in [3.05, 3.63) is 35.4 Å². The summed E-state index contributed by atoms with van der Waals surface area (Å²) in [5.41, 5.74) is 9.88. The standard InChI is InChI=1S/C14H19N/c1-11-3-2-4-12(7-11)14(10-15)8-13(9-14)5-6-13/h2-4,7H,5-6,8-10,15H2,1H3. The molecule has 2 aliphatic rings. The van der Waals surface area contributed by atoms with Gasteiger partial charge in [0.15, 0.2) is 0 Å². The topological polar surface area (TPSA) is 26.0 Å². The summed E-state index contributed by atoms with van der Waals surface area (Å²) >= 11 is 0. The minimum atomic E-state index is 0.322. The Kier molecular flexibility index (Phi) is 1.79. The summed E-state index contributed by atoms with van der Waals surface area (Å²) < 4.78 is 0. The summed E-state index contributed by atoms with van der Waals surface area (Å²) in [6, 6.07) is 8.91. The van der Waals surface area contributed by atoms with Crippen molar-refractivity contribution >= 4 is 0 Å². The summed E-state index contributed by atoms with van der Waals surface area (Å²) in [5, 5.41) is 0. The third-order valence-corrected chi connectivity index (χ3v) is 4.41. The summed E-state index contributed by atoms with van der Waals surface area (Å²) in [6.45, 7) is 2.98. The predicted molar refractivity (Wildman–Crippen MR) is 62.8 cm³/mol. The SMILES string of the molecule is Cc1cccc(C2(CN)CC3(CC3)C2)c1. The highest BCUT2D eigenvalue weighted by molar-refractivity contribution is 5.35. The maximum absolute atomic E-state index is 6.00. The molecule has 0 saturated heterocycles. The van der Waals surface area contributed by atoms with Gasteiger partial charge in [0.2, 0.25) is 0 Å². The normalized spacial score (nSPS) is 24.9. The summed E-state index contributed by atoms with van der Waals surface area (Å²) in [7, 11) is 0. The maximum Gasteiger partial charge on any atom is 0.00862 e. The van der Waals surface area contributed by atoms with E-state index in [-0.39, 0.29) is 0 Å². The van der Waals surface area contributed by atoms with Gasteiger partial charge in [-0.05, 0) is 43.6 Å². The van der Waals surface area contributed by atoms with E-state index in [0.717, 1.165) is 12.0 Å². The third kappa shape index (κ3) is 1.33. The Balaban J connectivity index is 1.91. The Morgan fingerprint density at radius 3 is 2.53 bits per heavy atom. The summed E-state index contributed by atoms with van der Waals surface area (Å²) in [4.78, 5) is 0. The highest BCUT2D eigenvalue weighted by atomic mass is 14.7. The van der Waals surface area contributed by atoms with Gasteiger partial charge in [0, 0.05) is 12.0 Å². The lowest BCUT2D eigenvalue weighted by atomic mass is 9.56. The zero-order valence-electron chi connectivity index (χ0n) is 9.42. The molecule has 15 heavy (non-hydrogen) atoms. The molecule has 2 N–H and O–H groups in total. The van der Waals surface area contributed by atoms with Gasteiger partial charge in [-0.1, -0.05) is 29.8 Å². The molecule has 2 saturated carbocycles. The second kappa shape index (κ2) is 2.85. The molecule has 1 aromatic rings. The van der Waals surface area contributed by atoms with Gasteiger partial charge in [0.1, 0.15) is 0 Å². The molecule has 80 valence electrons. The first-order valence-corrected chi connectivity index (χ1v) is 5.95. The average molecular weight is 201 g/mol. The van der Waals surface area contributed by atoms with Gasteiger partial charge in [0.05, 0.1) is 0 Å². The van der Waals surface area contributed by atoms with Gasteiger partial charge in [-0.3, -0.25) is 0 Å². The van der Waals surface area contributed by atoms with Gasteiger partial charge >= 0.3 is 0 Å². The molecular formula is C14H19N. The molecule has 0 bridgehead atoms.